The molecule has 0 aliphatic heterocycles. The van der Waals surface area contributed by atoms with Crippen LogP contribution in [0.25, 0.3) is 0 Å². The van der Waals surface area contributed by atoms with Crippen molar-refractivity contribution in [1.29, 1.82) is 0 Å². The Bertz CT molecular complexity index is 580. The van der Waals surface area contributed by atoms with Gasteiger partial charge in [-0.05, 0) is 31.9 Å². The minimum Gasteiger partial charge on any atom is -0.388 e. The van der Waals surface area contributed by atoms with Gasteiger partial charge in [0.05, 0.1) is 11.8 Å². The van der Waals surface area contributed by atoms with Crippen molar-refractivity contribution in [1.82, 2.24) is 9.71 Å². The molecule has 0 bridgehead atoms. The molecule has 0 spiro atoms. The van der Waals surface area contributed by atoms with Crippen LogP contribution in [-0.4, -0.2) is 37.1 Å². The van der Waals surface area contributed by atoms with Crippen LogP contribution >= 0.6 is 12.2 Å². The fraction of sp³-hybridized carbons (Fsp3) is 0.500. The van der Waals surface area contributed by atoms with E-state index in [9.17, 15) is 8.42 Å². The van der Waals surface area contributed by atoms with Crippen molar-refractivity contribution in [3.05, 3.63) is 24.0 Å². The lowest BCUT2D eigenvalue weighted by molar-refractivity contribution is -0.00475. The molecule has 110 valence electrons. The largest absolute Gasteiger partial charge is 0.388 e. The van der Waals surface area contributed by atoms with Gasteiger partial charge in [-0.3, -0.25) is 4.98 Å². The quantitative estimate of drug-likeness (QED) is 0.745. The molecule has 3 N–H and O–H groups in total. The third-order valence-corrected chi connectivity index (χ3v) is 4.83. The Hall–Kier alpha value is -1.09. The van der Waals surface area contributed by atoms with Gasteiger partial charge < -0.3 is 10.5 Å². The zero-order valence-electron chi connectivity index (χ0n) is 11.1. The second kappa shape index (κ2) is 6.13. The van der Waals surface area contributed by atoms with E-state index in [1.165, 1.54) is 18.3 Å². The molecule has 1 aromatic rings. The number of ether oxygens (including phenoxy) is 1. The molecule has 1 aliphatic rings. The fourth-order valence-corrected chi connectivity index (χ4v) is 3.33. The SMILES string of the molecule is CCOC1CC(NS(=O)(=O)c2ccc(C(N)=S)nc2)C1. The van der Waals surface area contributed by atoms with Crippen LogP contribution in [0.3, 0.4) is 0 Å². The first-order valence-corrected chi connectivity index (χ1v) is 8.21. The van der Waals surface area contributed by atoms with Gasteiger partial charge in [0.25, 0.3) is 0 Å². The van der Waals surface area contributed by atoms with Gasteiger partial charge in [0.1, 0.15) is 9.88 Å². The number of sulfonamides is 1. The number of aromatic nitrogens is 1. The Labute approximate surface area is 123 Å². The summed E-state index contributed by atoms with van der Waals surface area (Å²) in [4.78, 5) is 4.18. The zero-order valence-corrected chi connectivity index (χ0v) is 12.7. The highest BCUT2D eigenvalue weighted by atomic mass is 32.2. The average molecular weight is 315 g/mol. The van der Waals surface area contributed by atoms with Crippen molar-refractivity contribution in [2.24, 2.45) is 5.73 Å². The van der Waals surface area contributed by atoms with Crippen LogP contribution in [0.4, 0.5) is 0 Å². The average Bonchev–Trinajstić information content (AvgIpc) is 2.36. The summed E-state index contributed by atoms with van der Waals surface area (Å²) in [6.45, 7) is 2.57. The molecule has 0 atom stereocenters. The molecule has 20 heavy (non-hydrogen) atoms. The molecule has 6 nitrogen and oxygen atoms in total. The molecule has 0 saturated heterocycles. The van der Waals surface area contributed by atoms with Crippen LogP contribution in [0.2, 0.25) is 0 Å². The molecular formula is C12H17N3O3S2. The number of rotatable bonds is 6. The van der Waals surface area contributed by atoms with Crippen molar-refractivity contribution in [3.8, 4) is 0 Å². The number of pyridine rings is 1. The van der Waals surface area contributed by atoms with Gasteiger partial charge >= 0.3 is 0 Å². The van der Waals surface area contributed by atoms with Crippen LogP contribution in [0.15, 0.2) is 23.2 Å². The van der Waals surface area contributed by atoms with E-state index >= 15 is 0 Å². The molecular weight excluding hydrogens is 298 g/mol. The van der Waals surface area contributed by atoms with Crippen LogP contribution in [0.1, 0.15) is 25.5 Å². The lowest BCUT2D eigenvalue weighted by Gasteiger charge is -2.34. The number of hydrogen-bond donors (Lipinski definition) is 2. The second-order valence-corrected chi connectivity index (χ2v) is 6.76. The lowest BCUT2D eigenvalue weighted by Crippen LogP contribution is -2.47. The lowest BCUT2D eigenvalue weighted by atomic mass is 9.90. The van der Waals surface area contributed by atoms with Crippen LogP contribution < -0.4 is 10.5 Å². The molecule has 1 aliphatic carbocycles. The van der Waals surface area contributed by atoms with Crippen molar-refractivity contribution in [3.63, 3.8) is 0 Å². The Morgan fingerprint density at radius 2 is 2.25 bits per heavy atom. The van der Waals surface area contributed by atoms with Crippen molar-refractivity contribution < 1.29 is 13.2 Å². The maximum atomic E-state index is 12.1. The number of nitrogens with one attached hydrogen (secondary N) is 1. The van der Waals surface area contributed by atoms with E-state index in [0.717, 1.165) is 0 Å². The molecule has 8 heteroatoms. The van der Waals surface area contributed by atoms with E-state index in [-0.39, 0.29) is 22.0 Å². The molecule has 1 saturated carbocycles. The van der Waals surface area contributed by atoms with Gasteiger partial charge in [0.2, 0.25) is 10.0 Å². The van der Waals surface area contributed by atoms with Gasteiger partial charge in [0.15, 0.2) is 0 Å². The van der Waals surface area contributed by atoms with Crippen LogP contribution in [0, 0.1) is 0 Å². The Balaban J connectivity index is 1.99. The zero-order chi connectivity index (χ0) is 14.8. The third kappa shape index (κ3) is 3.51. The molecule has 0 aromatic carbocycles. The topological polar surface area (TPSA) is 94.3 Å². The Kier molecular flexibility index (Phi) is 4.69. The van der Waals surface area contributed by atoms with Gasteiger partial charge in [-0.25, -0.2) is 13.1 Å². The minimum absolute atomic E-state index is 0.0770. The standard InChI is InChI=1S/C12H17N3O3S2/c1-2-18-9-5-8(6-9)15-20(16,17)10-3-4-11(12(13)19)14-7-10/h3-4,7-9,15H,2,5-6H2,1H3,(H2,13,19). The molecule has 0 unspecified atom stereocenters. The molecule has 1 aromatic heterocycles. The first-order chi connectivity index (χ1) is 9.42. The molecule has 1 heterocycles. The highest BCUT2D eigenvalue weighted by Crippen LogP contribution is 2.25. The summed E-state index contributed by atoms with van der Waals surface area (Å²) >= 11 is 4.77. The summed E-state index contributed by atoms with van der Waals surface area (Å²) in [5.74, 6) is 0. The third-order valence-electron chi connectivity index (χ3n) is 3.12. The highest BCUT2D eigenvalue weighted by molar-refractivity contribution is 7.89. The van der Waals surface area contributed by atoms with E-state index in [1.807, 2.05) is 6.92 Å². The number of hydrogen-bond acceptors (Lipinski definition) is 5. The summed E-state index contributed by atoms with van der Waals surface area (Å²) in [6.07, 6.45) is 2.81. The first kappa shape index (κ1) is 15.3. The number of nitrogens with two attached hydrogens (primary N) is 1. The predicted octanol–water partition coefficient (Wildman–Crippen LogP) is 0.562. The van der Waals surface area contributed by atoms with Crippen molar-refractivity contribution >= 4 is 27.2 Å². The van der Waals surface area contributed by atoms with Gasteiger partial charge in [0, 0.05) is 18.8 Å². The van der Waals surface area contributed by atoms with Gasteiger partial charge in [-0.2, -0.15) is 0 Å². The number of thiocarbonyl (C=S) groups is 1. The normalized spacial score (nSPS) is 22.2. The smallest absolute Gasteiger partial charge is 0.242 e. The number of nitrogens with zero attached hydrogens (tertiary/aromatic N) is 1. The summed E-state index contributed by atoms with van der Waals surface area (Å²) in [5, 5.41) is 0. The summed E-state index contributed by atoms with van der Waals surface area (Å²) < 4.78 is 32.3. The minimum atomic E-state index is -3.55. The predicted molar refractivity (Wildman–Crippen MR) is 78.9 cm³/mol. The second-order valence-electron chi connectivity index (χ2n) is 4.61. The highest BCUT2D eigenvalue weighted by Gasteiger charge is 2.33. The Morgan fingerprint density at radius 1 is 1.55 bits per heavy atom. The van der Waals surface area contributed by atoms with E-state index in [0.29, 0.717) is 25.1 Å². The molecule has 0 amide bonds. The van der Waals surface area contributed by atoms with Gasteiger partial charge in [-0.1, -0.05) is 12.2 Å². The Morgan fingerprint density at radius 3 is 2.75 bits per heavy atom. The van der Waals surface area contributed by atoms with Crippen LogP contribution in [-0.2, 0) is 14.8 Å². The maximum Gasteiger partial charge on any atom is 0.242 e. The monoisotopic (exact) mass is 315 g/mol. The fourth-order valence-electron chi connectivity index (χ4n) is 2.01. The van der Waals surface area contributed by atoms with Crippen molar-refractivity contribution in [2.45, 2.75) is 36.8 Å². The summed E-state index contributed by atoms with van der Waals surface area (Å²) in [7, 11) is -3.55. The maximum absolute atomic E-state index is 12.1. The first-order valence-electron chi connectivity index (χ1n) is 6.32. The van der Waals surface area contributed by atoms with E-state index < -0.39 is 10.0 Å². The molecule has 2 rings (SSSR count). The molecule has 1 fully saturated rings. The van der Waals surface area contributed by atoms with Gasteiger partial charge in [-0.15, -0.1) is 0 Å². The molecule has 0 radical (unpaired) electrons. The summed E-state index contributed by atoms with van der Waals surface area (Å²) in [5.41, 5.74) is 5.82. The van der Waals surface area contributed by atoms with E-state index in [2.05, 4.69) is 9.71 Å². The van der Waals surface area contributed by atoms with E-state index in [4.69, 9.17) is 22.7 Å². The summed E-state index contributed by atoms with van der Waals surface area (Å²) in [6, 6.07) is 2.87. The van der Waals surface area contributed by atoms with Crippen LogP contribution in [0.5, 0.6) is 0 Å². The van der Waals surface area contributed by atoms with E-state index in [1.54, 1.807) is 0 Å². The van der Waals surface area contributed by atoms with Crippen molar-refractivity contribution in [2.75, 3.05) is 6.61 Å².